The minimum absolute atomic E-state index is 0.0502. The van der Waals surface area contributed by atoms with Gasteiger partial charge in [0.15, 0.2) is 0 Å². The van der Waals surface area contributed by atoms with E-state index in [9.17, 15) is 4.79 Å². The number of nitrogens with zero attached hydrogens (tertiary/aromatic N) is 1. The van der Waals surface area contributed by atoms with Crippen molar-refractivity contribution < 1.29 is 9.53 Å². The predicted octanol–water partition coefficient (Wildman–Crippen LogP) is 1.88. The molecule has 0 aliphatic carbocycles. The van der Waals surface area contributed by atoms with E-state index in [0.29, 0.717) is 24.7 Å². The van der Waals surface area contributed by atoms with Crippen molar-refractivity contribution in [1.82, 2.24) is 4.98 Å². The fourth-order valence-corrected chi connectivity index (χ4v) is 1.85. The normalized spacial score (nSPS) is 20.5. The van der Waals surface area contributed by atoms with Gasteiger partial charge in [0.05, 0.1) is 11.6 Å². The Morgan fingerprint density at radius 3 is 3.20 bits per heavy atom. The zero-order valence-electron chi connectivity index (χ0n) is 8.28. The Morgan fingerprint density at radius 1 is 1.67 bits per heavy atom. The summed E-state index contributed by atoms with van der Waals surface area (Å²) in [6.07, 6.45) is 4.44. The van der Waals surface area contributed by atoms with Gasteiger partial charge in [-0.1, -0.05) is 11.6 Å². The van der Waals surface area contributed by atoms with E-state index in [1.165, 1.54) is 0 Å². The van der Waals surface area contributed by atoms with E-state index in [1.807, 2.05) is 0 Å². The summed E-state index contributed by atoms with van der Waals surface area (Å²) >= 11 is 5.93. The van der Waals surface area contributed by atoms with Gasteiger partial charge in [0.2, 0.25) is 0 Å². The standard InChI is InChI=1S/C11H12ClNO2/c12-10-6-13-3-1-8(10)5-11(14)9-2-4-15-7-9/h1,3,6,9H,2,4-5,7H2. The smallest absolute Gasteiger partial charge is 0.142 e. The SMILES string of the molecule is O=C(Cc1ccncc1Cl)C1CCOC1. The molecule has 1 fully saturated rings. The first-order valence-corrected chi connectivity index (χ1v) is 5.34. The summed E-state index contributed by atoms with van der Waals surface area (Å²) in [5, 5.41) is 0.560. The Kier molecular flexibility index (Phi) is 3.34. The van der Waals surface area contributed by atoms with E-state index in [4.69, 9.17) is 16.3 Å². The summed E-state index contributed by atoms with van der Waals surface area (Å²) < 4.78 is 5.18. The number of rotatable bonds is 3. The second kappa shape index (κ2) is 4.73. The first-order chi connectivity index (χ1) is 7.27. The molecule has 15 heavy (non-hydrogen) atoms. The molecule has 1 aromatic rings. The maximum atomic E-state index is 11.8. The van der Waals surface area contributed by atoms with Crippen LogP contribution in [0, 0.1) is 5.92 Å². The van der Waals surface area contributed by atoms with Crippen LogP contribution in [0.15, 0.2) is 18.5 Å². The summed E-state index contributed by atoms with van der Waals surface area (Å²) in [6, 6.07) is 1.79. The molecule has 2 rings (SSSR count). The third-order valence-corrected chi connectivity index (χ3v) is 2.95. The van der Waals surface area contributed by atoms with Crippen LogP contribution in [-0.2, 0) is 16.0 Å². The number of pyridine rings is 1. The number of hydrogen-bond donors (Lipinski definition) is 0. The highest BCUT2D eigenvalue weighted by Gasteiger charge is 2.23. The molecule has 1 saturated heterocycles. The van der Waals surface area contributed by atoms with Crippen molar-refractivity contribution in [3.8, 4) is 0 Å². The lowest BCUT2D eigenvalue weighted by molar-refractivity contribution is -0.122. The minimum atomic E-state index is 0.0502. The highest BCUT2D eigenvalue weighted by Crippen LogP contribution is 2.19. The van der Waals surface area contributed by atoms with Gasteiger partial charge in [-0.05, 0) is 18.1 Å². The number of halogens is 1. The number of aromatic nitrogens is 1. The molecule has 0 aromatic carbocycles. The molecule has 1 aliphatic rings. The second-order valence-corrected chi connectivity index (χ2v) is 4.08. The molecule has 2 heterocycles. The number of ether oxygens (including phenoxy) is 1. The highest BCUT2D eigenvalue weighted by molar-refractivity contribution is 6.31. The molecule has 1 unspecified atom stereocenters. The highest BCUT2D eigenvalue weighted by atomic mass is 35.5. The maximum Gasteiger partial charge on any atom is 0.142 e. The van der Waals surface area contributed by atoms with Gasteiger partial charge < -0.3 is 4.74 Å². The van der Waals surface area contributed by atoms with Crippen LogP contribution in [0.1, 0.15) is 12.0 Å². The second-order valence-electron chi connectivity index (χ2n) is 3.67. The lowest BCUT2D eigenvalue weighted by Gasteiger charge is -2.07. The molecule has 1 atom stereocenters. The van der Waals surface area contributed by atoms with Crippen molar-refractivity contribution in [3.63, 3.8) is 0 Å². The van der Waals surface area contributed by atoms with Gasteiger partial charge in [-0.25, -0.2) is 0 Å². The average molecular weight is 226 g/mol. The fraction of sp³-hybridized carbons (Fsp3) is 0.455. The average Bonchev–Trinajstić information content (AvgIpc) is 2.74. The largest absolute Gasteiger partial charge is 0.381 e. The van der Waals surface area contributed by atoms with Gasteiger partial charge in [0.1, 0.15) is 5.78 Å². The van der Waals surface area contributed by atoms with E-state index in [-0.39, 0.29) is 11.7 Å². The van der Waals surface area contributed by atoms with E-state index in [0.717, 1.165) is 12.0 Å². The van der Waals surface area contributed by atoms with Crippen molar-refractivity contribution >= 4 is 17.4 Å². The molecular formula is C11H12ClNO2. The third kappa shape index (κ3) is 2.55. The Hall–Kier alpha value is -0.930. The fourth-order valence-electron chi connectivity index (χ4n) is 1.67. The molecule has 3 nitrogen and oxygen atoms in total. The monoisotopic (exact) mass is 225 g/mol. The van der Waals surface area contributed by atoms with E-state index in [1.54, 1.807) is 18.5 Å². The van der Waals surface area contributed by atoms with Gasteiger partial charge in [-0.3, -0.25) is 9.78 Å². The molecule has 0 spiro atoms. The number of carbonyl (C=O) groups excluding carboxylic acids is 1. The Morgan fingerprint density at radius 2 is 2.53 bits per heavy atom. The van der Waals surface area contributed by atoms with Crippen LogP contribution in [0.2, 0.25) is 5.02 Å². The molecular weight excluding hydrogens is 214 g/mol. The lowest BCUT2D eigenvalue weighted by Crippen LogP contribution is -2.16. The molecule has 0 saturated carbocycles. The van der Waals surface area contributed by atoms with Crippen LogP contribution in [0.4, 0.5) is 0 Å². The van der Waals surface area contributed by atoms with Crippen LogP contribution in [0.3, 0.4) is 0 Å². The first kappa shape index (κ1) is 10.6. The first-order valence-electron chi connectivity index (χ1n) is 4.96. The molecule has 0 radical (unpaired) electrons. The van der Waals surface area contributed by atoms with Crippen molar-refractivity contribution in [3.05, 3.63) is 29.0 Å². The molecule has 0 N–H and O–H groups in total. The summed E-state index contributed by atoms with van der Waals surface area (Å²) in [4.78, 5) is 15.7. The van der Waals surface area contributed by atoms with Crippen molar-refractivity contribution in [2.24, 2.45) is 5.92 Å². The Labute approximate surface area is 93.4 Å². The minimum Gasteiger partial charge on any atom is -0.381 e. The summed E-state index contributed by atoms with van der Waals surface area (Å²) in [6.45, 7) is 1.25. The van der Waals surface area contributed by atoms with Gasteiger partial charge in [-0.2, -0.15) is 0 Å². The van der Waals surface area contributed by atoms with E-state index in [2.05, 4.69) is 4.98 Å². The number of ketones is 1. The molecule has 0 bridgehead atoms. The topological polar surface area (TPSA) is 39.2 Å². The Balaban J connectivity index is 2.02. The van der Waals surface area contributed by atoms with E-state index >= 15 is 0 Å². The van der Waals surface area contributed by atoms with Crippen LogP contribution < -0.4 is 0 Å². The zero-order valence-corrected chi connectivity index (χ0v) is 9.04. The summed E-state index contributed by atoms with van der Waals surface area (Å²) in [7, 11) is 0. The van der Waals surface area contributed by atoms with Crippen molar-refractivity contribution in [2.75, 3.05) is 13.2 Å². The third-order valence-electron chi connectivity index (χ3n) is 2.61. The van der Waals surface area contributed by atoms with Crippen LogP contribution in [0.5, 0.6) is 0 Å². The predicted molar refractivity (Wildman–Crippen MR) is 56.9 cm³/mol. The van der Waals surface area contributed by atoms with Gasteiger partial charge >= 0.3 is 0 Å². The molecule has 4 heteroatoms. The van der Waals surface area contributed by atoms with Crippen LogP contribution >= 0.6 is 11.6 Å². The number of hydrogen-bond acceptors (Lipinski definition) is 3. The van der Waals surface area contributed by atoms with Crippen molar-refractivity contribution in [1.29, 1.82) is 0 Å². The van der Waals surface area contributed by atoms with Crippen molar-refractivity contribution in [2.45, 2.75) is 12.8 Å². The molecule has 80 valence electrons. The van der Waals surface area contributed by atoms with Crippen LogP contribution in [0.25, 0.3) is 0 Å². The molecule has 0 amide bonds. The molecule has 1 aromatic heterocycles. The number of carbonyl (C=O) groups is 1. The van der Waals surface area contributed by atoms with Gasteiger partial charge in [-0.15, -0.1) is 0 Å². The molecule has 1 aliphatic heterocycles. The summed E-state index contributed by atoms with van der Waals surface area (Å²) in [5.41, 5.74) is 0.851. The van der Waals surface area contributed by atoms with E-state index < -0.39 is 0 Å². The summed E-state index contributed by atoms with van der Waals surface area (Å²) in [5.74, 6) is 0.259. The number of Topliss-reactive ketones (excluding diaryl/α,β-unsaturated/α-hetero) is 1. The van der Waals surface area contributed by atoms with Crippen LogP contribution in [-0.4, -0.2) is 24.0 Å². The Bertz CT molecular complexity index is 361. The lowest BCUT2D eigenvalue weighted by atomic mass is 9.98. The van der Waals surface area contributed by atoms with Gasteiger partial charge in [0.25, 0.3) is 0 Å². The maximum absolute atomic E-state index is 11.8. The zero-order chi connectivity index (χ0) is 10.7. The van der Waals surface area contributed by atoms with Gasteiger partial charge in [0, 0.05) is 31.3 Å². The quantitative estimate of drug-likeness (QED) is 0.789.